The highest BCUT2D eigenvalue weighted by molar-refractivity contribution is 5.94. The van der Waals surface area contributed by atoms with Crippen LogP contribution in [0.15, 0.2) is 48.8 Å². The van der Waals surface area contributed by atoms with Gasteiger partial charge in [0.1, 0.15) is 17.1 Å². The van der Waals surface area contributed by atoms with Gasteiger partial charge >= 0.3 is 6.18 Å². The van der Waals surface area contributed by atoms with Crippen LogP contribution in [0.2, 0.25) is 0 Å². The first-order valence-electron chi connectivity index (χ1n) is 9.06. The zero-order valence-corrected chi connectivity index (χ0v) is 15.3. The van der Waals surface area contributed by atoms with Gasteiger partial charge in [0.25, 0.3) is 5.91 Å². The summed E-state index contributed by atoms with van der Waals surface area (Å²) in [6.07, 6.45) is -0.389. The fourth-order valence-electron chi connectivity index (χ4n) is 3.21. The highest BCUT2D eigenvalue weighted by Crippen LogP contribution is 2.33. The molecule has 0 aliphatic carbocycles. The van der Waals surface area contributed by atoms with E-state index in [1.807, 2.05) is 0 Å². The van der Waals surface area contributed by atoms with Crippen molar-refractivity contribution >= 4 is 11.6 Å². The van der Waals surface area contributed by atoms with Crippen molar-refractivity contribution in [3.8, 4) is 16.9 Å². The van der Waals surface area contributed by atoms with E-state index in [0.29, 0.717) is 30.0 Å². The second-order valence-electron chi connectivity index (χ2n) is 6.71. The summed E-state index contributed by atoms with van der Waals surface area (Å²) in [6.45, 7) is -0.318. The summed E-state index contributed by atoms with van der Waals surface area (Å²) >= 11 is 0. The molecular weight excluding hydrogens is 387 g/mol. The molecule has 1 aliphatic rings. The van der Waals surface area contributed by atoms with E-state index in [1.165, 1.54) is 6.07 Å². The molecule has 1 aromatic carbocycles. The van der Waals surface area contributed by atoms with Crippen molar-refractivity contribution in [2.45, 2.75) is 18.6 Å². The minimum Gasteiger partial charge on any atom is -0.483 e. The molecule has 2 aromatic heterocycles. The Balaban J connectivity index is 1.66. The molecule has 1 fully saturated rings. The maximum atomic E-state index is 12.6. The van der Waals surface area contributed by atoms with E-state index in [1.54, 1.807) is 47.1 Å². The van der Waals surface area contributed by atoms with E-state index in [0.717, 1.165) is 6.42 Å². The lowest BCUT2D eigenvalue weighted by Gasteiger charge is -2.13. The van der Waals surface area contributed by atoms with E-state index < -0.39 is 12.8 Å². The first-order chi connectivity index (χ1) is 13.9. The Morgan fingerprint density at radius 3 is 2.79 bits per heavy atom. The third kappa shape index (κ3) is 4.34. The van der Waals surface area contributed by atoms with Gasteiger partial charge in [-0.25, -0.2) is 4.98 Å². The topological polar surface area (TPSA) is 64.9 Å². The average Bonchev–Trinajstić information content (AvgIpc) is 3.35. The molecule has 0 radical (unpaired) electrons. The third-order valence-corrected chi connectivity index (χ3v) is 4.55. The quantitative estimate of drug-likeness (QED) is 0.706. The Morgan fingerprint density at radius 1 is 1.24 bits per heavy atom. The standard InChI is InChI=1S/C20H18F3N3O3/c21-20(22,23)12-29-17-6-2-1-4-14(17)15-5-3-8-26-10-16(25-18(15)26)19(27)24-13-7-9-28-11-13/h1-6,8,10,13H,7,9,11-12H2,(H,24,27). The van der Waals surface area contributed by atoms with Gasteiger partial charge in [0, 0.05) is 30.1 Å². The minimum absolute atomic E-state index is 0.0525. The molecule has 1 aliphatic heterocycles. The van der Waals surface area contributed by atoms with Crippen molar-refractivity contribution in [2.75, 3.05) is 19.8 Å². The van der Waals surface area contributed by atoms with E-state index in [4.69, 9.17) is 9.47 Å². The molecule has 1 N–H and O–H groups in total. The first-order valence-corrected chi connectivity index (χ1v) is 9.06. The zero-order valence-electron chi connectivity index (χ0n) is 15.3. The molecule has 4 rings (SSSR count). The van der Waals surface area contributed by atoms with Crippen LogP contribution in [0.1, 0.15) is 16.9 Å². The van der Waals surface area contributed by atoms with Crippen LogP contribution in [-0.2, 0) is 4.74 Å². The van der Waals surface area contributed by atoms with Gasteiger partial charge in [-0.1, -0.05) is 18.2 Å². The number of pyridine rings is 1. The second kappa shape index (κ2) is 7.75. The van der Waals surface area contributed by atoms with Crippen molar-refractivity contribution in [3.63, 3.8) is 0 Å². The lowest BCUT2D eigenvalue weighted by Crippen LogP contribution is -2.35. The number of fused-ring (bicyclic) bond motifs is 1. The lowest BCUT2D eigenvalue weighted by atomic mass is 10.1. The molecule has 3 aromatic rings. The van der Waals surface area contributed by atoms with Gasteiger partial charge in [-0.15, -0.1) is 0 Å². The summed E-state index contributed by atoms with van der Waals surface area (Å²) in [5.41, 5.74) is 1.69. The van der Waals surface area contributed by atoms with Crippen LogP contribution in [0.4, 0.5) is 13.2 Å². The minimum atomic E-state index is -4.44. The largest absolute Gasteiger partial charge is 0.483 e. The Labute approximate surface area is 164 Å². The number of ether oxygens (including phenoxy) is 2. The molecule has 1 amide bonds. The molecule has 29 heavy (non-hydrogen) atoms. The Kier molecular flexibility index (Phi) is 5.14. The van der Waals surface area contributed by atoms with Gasteiger partial charge in [0.2, 0.25) is 0 Å². The van der Waals surface area contributed by atoms with Gasteiger partial charge < -0.3 is 19.2 Å². The number of halogens is 3. The summed E-state index contributed by atoms with van der Waals surface area (Å²) in [6, 6.07) is 9.84. The Bertz CT molecular complexity index is 1030. The van der Waals surface area contributed by atoms with E-state index >= 15 is 0 Å². The van der Waals surface area contributed by atoms with Crippen molar-refractivity contribution in [2.24, 2.45) is 0 Å². The van der Waals surface area contributed by atoms with Crippen molar-refractivity contribution in [3.05, 3.63) is 54.5 Å². The maximum absolute atomic E-state index is 12.6. The van der Waals surface area contributed by atoms with Gasteiger partial charge in [-0.3, -0.25) is 4.79 Å². The molecule has 1 saturated heterocycles. The molecule has 0 bridgehead atoms. The molecule has 152 valence electrons. The monoisotopic (exact) mass is 405 g/mol. The Morgan fingerprint density at radius 2 is 2.03 bits per heavy atom. The predicted molar refractivity (Wildman–Crippen MR) is 98.9 cm³/mol. The van der Waals surface area contributed by atoms with Crippen molar-refractivity contribution < 1.29 is 27.4 Å². The zero-order chi connectivity index (χ0) is 20.4. The fraction of sp³-hybridized carbons (Fsp3) is 0.300. The van der Waals surface area contributed by atoms with Crippen LogP contribution >= 0.6 is 0 Å². The second-order valence-corrected chi connectivity index (χ2v) is 6.71. The Hall–Kier alpha value is -3.07. The van der Waals surface area contributed by atoms with Crippen LogP contribution in [0, 0.1) is 0 Å². The van der Waals surface area contributed by atoms with Crippen LogP contribution < -0.4 is 10.1 Å². The number of rotatable bonds is 5. The number of carbonyl (C=O) groups is 1. The highest BCUT2D eigenvalue weighted by atomic mass is 19.4. The lowest BCUT2D eigenvalue weighted by molar-refractivity contribution is -0.153. The number of benzene rings is 1. The fourth-order valence-corrected chi connectivity index (χ4v) is 3.21. The number of aromatic nitrogens is 2. The summed E-state index contributed by atoms with van der Waals surface area (Å²) in [4.78, 5) is 16.9. The SMILES string of the molecule is O=C(NC1CCOC1)c1cn2cccc(-c3ccccc3OCC(F)(F)F)c2n1. The first kappa shape index (κ1) is 19.3. The van der Waals surface area contributed by atoms with Crippen LogP contribution in [0.25, 0.3) is 16.8 Å². The van der Waals surface area contributed by atoms with Crippen LogP contribution in [0.5, 0.6) is 5.75 Å². The van der Waals surface area contributed by atoms with E-state index in [2.05, 4.69) is 10.3 Å². The maximum Gasteiger partial charge on any atom is 0.422 e. The molecule has 0 saturated carbocycles. The van der Waals surface area contributed by atoms with Gasteiger partial charge in [-0.05, 0) is 24.6 Å². The highest BCUT2D eigenvalue weighted by Gasteiger charge is 2.29. The number of nitrogens with zero attached hydrogens (tertiary/aromatic N) is 2. The summed E-state index contributed by atoms with van der Waals surface area (Å²) in [5.74, 6) is -0.230. The number of hydrogen-bond donors (Lipinski definition) is 1. The summed E-state index contributed by atoms with van der Waals surface area (Å²) in [7, 11) is 0. The molecule has 3 heterocycles. The number of hydrogen-bond acceptors (Lipinski definition) is 4. The molecule has 1 unspecified atom stereocenters. The third-order valence-electron chi connectivity index (χ3n) is 4.55. The van der Waals surface area contributed by atoms with Crippen LogP contribution in [0.3, 0.4) is 0 Å². The van der Waals surface area contributed by atoms with E-state index in [9.17, 15) is 18.0 Å². The summed E-state index contributed by atoms with van der Waals surface area (Å²) in [5, 5.41) is 2.87. The van der Waals surface area contributed by atoms with Crippen LogP contribution in [-0.4, -0.2) is 47.3 Å². The number of nitrogens with one attached hydrogen (secondary N) is 1. The smallest absolute Gasteiger partial charge is 0.422 e. The average molecular weight is 405 g/mol. The predicted octanol–water partition coefficient (Wildman–Crippen LogP) is 3.46. The number of alkyl halides is 3. The number of carbonyl (C=O) groups excluding carboxylic acids is 1. The van der Waals surface area contributed by atoms with E-state index in [-0.39, 0.29) is 23.4 Å². The molecular formula is C20H18F3N3O3. The molecule has 1 atom stereocenters. The number of para-hydroxylation sites is 1. The summed E-state index contributed by atoms with van der Waals surface area (Å²) < 4.78 is 49.7. The normalized spacial score (nSPS) is 16.9. The number of imidazole rings is 1. The molecule has 6 nitrogen and oxygen atoms in total. The van der Waals surface area contributed by atoms with Gasteiger partial charge in [-0.2, -0.15) is 13.2 Å². The van der Waals surface area contributed by atoms with Gasteiger partial charge in [0.15, 0.2) is 6.61 Å². The van der Waals surface area contributed by atoms with Crippen molar-refractivity contribution in [1.82, 2.24) is 14.7 Å². The van der Waals surface area contributed by atoms with Gasteiger partial charge in [0.05, 0.1) is 12.6 Å². The number of amides is 1. The van der Waals surface area contributed by atoms with Crippen molar-refractivity contribution in [1.29, 1.82) is 0 Å². The molecule has 0 spiro atoms. The molecule has 9 heteroatoms.